The lowest BCUT2D eigenvalue weighted by atomic mass is 10.1. The zero-order valence-electron chi connectivity index (χ0n) is 8.81. The molecule has 0 saturated carbocycles. The van der Waals surface area contributed by atoms with Crippen LogP contribution < -0.4 is 10.6 Å². The molecule has 0 bridgehead atoms. The number of nitrogens with zero attached hydrogens (tertiary/aromatic N) is 1. The number of ketones is 1. The van der Waals surface area contributed by atoms with Crippen LogP contribution in [-0.4, -0.2) is 16.7 Å². The Bertz CT molecular complexity index is 727. The second-order valence-corrected chi connectivity index (χ2v) is 3.72. The number of hydrogen-bond acceptors (Lipinski definition) is 2. The molecule has 1 aliphatic heterocycles. The maximum atomic E-state index is 12.1. The van der Waals surface area contributed by atoms with Gasteiger partial charge in [0.25, 0.3) is 5.91 Å². The van der Waals surface area contributed by atoms with Crippen molar-refractivity contribution in [3.05, 3.63) is 58.9 Å². The highest BCUT2D eigenvalue weighted by atomic mass is 16.2. The minimum absolute atomic E-state index is 0.142. The van der Waals surface area contributed by atoms with Gasteiger partial charge >= 0.3 is 0 Å². The Morgan fingerprint density at radius 2 is 1.94 bits per heavy atom. The van der Waals surface area contributed by atoms with Gasteiger partial charge in [-0.3, -0.25) is 9.59 Å². The maximum absolute atomic E-state index is 12.1. The van der Waals surface area contributed by atoms with E-state index >= 15 is 0 Å². The van der Waals surface area contributed by atoms with Crippen molar-refractivity contribution >= 4 is 17.3 Å². The van der Waals surface area contributed by atoms with E-state index in [4.69, 9.17) is 0 Å². The molecular weight excluding hydrogens is 216 g/mol. The van der Waals surface area contributed by atoms with Crippen LogP contribution in [0.5, 0.6) is 0 Å². The first-order valence-corrected chi connectivity index (χ1v) is 5.18. The number of para-hydroxylation sites is 1. The molecule has 2 heterocycles. The summed E-state index contributed by atoms with van der Waals surface area (Å²) in [5.41, 5.74) is 0.545. The molecule has 0 spiro atoms. The summed E-state index contributed by atoms with van der Waals surface area (Å²) in [6.07, 6.45) is 1.65. The van der Waals surface area contributed by atoms with Gasteiger partial charge in [0.15, 0.2) is 0 Å². The number of nitrogens with one attached hydrogen (secondary N) is 1. The van der Waals surface area contributed by atoms with E-state index in [0.717, 1.165) is 0 Å². The fourth-order valence-corrected chi connectivity index (χ4v) is 1.89. The Morgan fingerprint density at radius 3 is 2.71 bits per heavy atom. The Morgan fingerprint density at radius 1 is 1.12 bits per heavy atom. The number of Topliss-reactive ketones (excluding diaryl/α,β-unsaturated/α-hetero) is 1. The quantitative estimate of drug-likeness (QED) is 0.741. The summed E-state index contributed by atoms with van der Waals surface area (Å²) in [7, 11) is 0. The lowest BCUT2D eigenvalue weighted by Crippen LogP contribution is -2.25. The molecule has 0 saturated heterocycles. The third kappa shape index (κ3) is 1.42. The van der Waals surface area contributed by atoms with E-state index in [1.54, 1.807) is 42.6 Å². The van der Waals surface area contributed by atoms with Crippen molar-refractivity contribution < 1.29 is 9.59 Å². The number of amides is 1. The molecular formula is C13H8N2O2. The molecule has 1 aromatic heterocycles. The van der Waals surface area contributed by atoms with Gasteiger partial charge < -0.3 is 4.98 Å². The molecule has 4 heteroatoms. The van der Waals surface area contributed by atoms with Crippen molar-refractivity contribution in [2.24, 2.45) is 4.99 Å². The number of carbonyl (C=O) groups is 2. The zero-order valence-corrected chi connectivity index (χ0v) is 8.81. The molecule has 0 unspecified atom stereocenters. The maximum Gasteiger partial charge on any atom is 0.282 e. The van der Waals surface area contributed by atoms with Crippen LogP contribution in [0, 0.1) is 0 Å². The average Bonchev–Trinajstić information content (AvgIpc) is 2.94. The van der Waals surface area contributed by atoms with E-state index < -0.39 is 5.91 Å². The number of H-pyrrole nitrogens is 1. The van der Waals surface area contributed by atoms with Gasteiger partial charge in [0.05, 0.1) is 11.1 Å². The van der Waals surface area contributed by atoms with Gasteiger partial charge in [-0.1, -0.05) is 18.2 Å². The highest BCUT2D eigenvalue weighted by Crippen LogP contribution is 2.09. The van der Waals surface area contributed by atoms with Gasteiger partial charge in [-0.2, -0.15) is 0 Å². The molecule has 1 aliphatic rings. The summed E-state index contributed by atoms with van der Waals surface area (Å²) in [4.78, 5) is 30.5. The molecule has 0 aliphatic carbocycles. The number of benzene rings is 1. The lowest BCUT2D eigenvalue weighted by Gasteiger charge is -1.96. The minimum atomic E-state index is -0.467. The first-order chi connectivity index (χ1) is 8.27. The third-order valence-electron chi connectivity index (χ3n) is 2.68. The molecule has 3 rings (SSSR count). The monoisotopic (exact) mass is 224 g/mol. The largest absolute Gasteiger partial charge is 0.359 e. The van der Waals surface area contributed by atoms with Gasteiger partial charge in [0, 0.05) is 11.4 Å². The van der Waals surface area contributed by atoms with Crippen molar-refractivity contribution in [3.63, 3.8) is 0 Å². The van der Waals surface area contributed by atoms with E-state index in [9.17, 15) is 9.59 Å². The standard InChI is InChI=1S/C13H8N2O2/c16-12(10-6-3-7-14-10)11-8-4-1-2-5-9(8)15-13(11)17/h1-7,14H. The SMILES string of the molecule is O=C1N=c2ccccc2=C1C(=O)c1ccc[nH]1. The normalized spacial score (nSPS) is 13.4. The minimum Gasteiger partial charge on any atom is -0.359 e. The van der Waals surface area contributed by atoms with Crippen molar-refractivity contribution in [1.29, 1.82) is 0 Å². The molecule has 1 aromatic carbocycles. The van der Waals surface area contributed by atoms with Gasteiger partial charge in [-0.15, -0.1) is 0 Å². The fourth-order valence-electron chi connectivity index (χ4n) is 1.89. The first-order valence-electron chi connectivity index (χ1n) is 5.18. The van der Waals surface area contributed by atoms with Crippen LogP contribution in [-0.2, 0) is 4.79 Å². The molecule has 0 fully saturated rings. The second-order valence-electron chi connectivity index (χ2n) is 3.72. The first kappa shape index (κ1) is 9.72. The number of aromatic amines is 1. The van der Waals surface area contributed by atoms with Gasteiger partial charge in [-0.25, -0.2) is 4.99 Å². The Labute approximate surface area is 96.3 Å². The van der Waals surface area contributed by atoms with Gasteiger partial charge in [0.2, 0.25) is 5.78 Å². The van der Waals surface area contributed by atoms with Crippen LogP contribution in [0.3, 0.4) is 0 Å². The summed E-state index contributed by atoms with van der Waals surface area (Å²) >= 11 is 0. The molecule has 82 valence electrons. The number of hydrogen-bond donors (Lipinski definition) is 1. The summed E-state index contributed by atoms with van der Waals surface area (Å²) in [5, 5.41) is 1.17. The van der Waals surface area contributed by atoms with E-state index in [1.807, 2.05) is 0 Å². The second kappa shape index (κ2) is 3.52. The molecule has 1 amide bonds. The third-order valence-corrected chi connectivity index (χ3v) is 2.68. The number of rotatable bonds is 2. The summed E-state index contributed by atoms with van der Waals surface area (Å²) in [6, 6.07) is 10.4. The molecule has 17 heavy (non-hydrogen) atoms. The van der Waals surface area contributed by atoms with Gasteiger partial charge in [-0.05, 0) is 18.2 Å². The molecule has 0 atom stereocenters. The van der Waals surface area contributed by atoms with Crippen LogP contribution in [0.25, 0.3) is 5.57 Å². The van der Waals surface area contributed by atoms with Crippen molar-refractivity contribution in [1.82, 2.24) is 4.98 Å². The van der Waals surface area contributed by atoms with Crippen molar-refractivity contribution in [3.8, 4) is 0 Å². The van der Waals surface area contributed by atoms with Gasteiger partial charge in [0.1, 0.15) is 5.57 Å². The number of carbonyl (C=O) groups excluding carboxylic acids is 2. The fraction of sp³-hybridized carbons (Fsp3) is 0. The molecule has 2 aromatic rings. The van der Waals surface area contributed by atoms with E-state index in [0.29, 0.717) is 16.3 Å². The summed E-state index contributed by atoms with van der Waals surface area (Å²) in [6.45, 7) is 0. The Balaban J connectivity index is 2.27. The Hall–Kier alpha value is -2.49. The Kier molecular flexibility index (Phi) is 2.01. The predicted molar refractivity (Wildman–Crippen MR) is 60.8 cm³/mol. The van der Waals surface area contributed by atoms with E-state index in [2.05, 4.69) is 9.98 Å². The zero-order chi connectivity index (χ0) is 11.8. The predicted octanol–water partition coefficient (Wildman–Crippen LogP) is 0.208. The molecule has 4 nitrogen and oxygen atoms in total. The van der Waals surface area contributed by atoms with Crippen LogP contribution in [0.4, 0.5) is 0 Å². The smallest absolute Gasteiger partial charge is 0.282 e. The summed E-state index contributed by atoms with van der Waals surface area (Å²) in [5.74, 6) is -0.778. The van der Waals surface area contributed by atoms with E-state index in [-0.39, 0.29) is 11.4 Å². The highest BCUT2D eigenvalue weighted by molar-refractivity contribution is 6.45. The van der Waals surface area contributed by atoms with E-state index in [1.165, 1.54) is 0 Å². The lowest BCUT2D eigenvalue weighted by molar-refractivity contribution is -0.112. The topological polar surface area (TPSA) is 62.3 Å². The van der Waals surface area contributed by atoms with Crippen LogP contribution in [0.15, 0.2) is 47.6 Å². The number of aromatic nitrogens is 1. The molecule has 1 N–H and O–H groups in total. The van der Waals surface area contributed by atoms with Crippen molar-refractivity contribution in [2.75, 3.05) is 0 Å². The molecule has 0 radical (unpaired) electrons. The van der Waals surface area contributed by atoms with Crippen LogP contribution in [0.2, 0.25) is 0 Å². The summed E-state index contributed by atoms with van der Waals surface area (Å²) < 4.78 is 0. The van der Waals surface area contributed by atoms with Crippen molar-refractivity contribution in [2.45, 2.75) is 0 Å². The van der Waals surface area contributed by atoms with Crippen LogP contribution in [0.1, 0.15) is 10.5 Å². The van der Waals surface area contributed by atoms with Crippen LogP contribution >= 0.6 is 0 Å². The average molecular weight is 224 g/mol. The highest BCUT2D eigenvalue weighted by Gasteiger charge is 2.24. The number of fused-ring (bicyclic) bond motifs is 1.